The van der Waals surface area contributed by atoms with E-state index in [0.717, 1.165) is 0 Å². The Hall–Kier alpha value is -3.99. The fraction of sp³-hybridized carbons (Fsp3) is 0.611. The highest BCUT2D eigenvalue weighted by Gasteiger charge is 2.30. The Kier molecular flexibility index (Phi) is 14.0. The molecule has 0 aromatic heterocycles. The molecule has 0 fully saturated rings. The van der Waals surface area contributed by atoms with E-state index in [0.29, 0.717) is 0 Å². The number of nitrogens with zero attached hydrogens (tertiary/aromatic N) is 1. The van der Waals surface area contributed by atoms with E-state index in [-0.39, 0.29) is 38.2 Å². The molecular weight excluding hydrogens is 470 g/mol. The molecule has 0 bridgehead atoms. The van der Waals surface area contributed by atoms with Crippen molar-refractivity contribution in [2.45, 2.75) is 56.3 Å². The van der Waals surface area contributed by atoms with Crippen LogP contribution in [0.4, 0.5) is 0 Å². The van der Waals surface area contributed by atoms with Crippen LogP contribution in [-0.4, -0.2) is 89.0 Å². The Morgan fingerprint density at radius 2 is 1.29 bits per heavy atom. The summed E-state index contributed by atoms with van der Waals surface area (Å²) < 4.78 is 0. The van der Waals surface area contributed by atoms with E-state index in [4.69, 9.17) is 33.8 Å². The fourth-order valence-electron chi connectivity index (χ4n) is 2.64. The molecule has 4 atom stereocenters. The molecule has 198 valence electrons. The van der Waals surface area contributed by atoms with Gasteiger partial charge >= 0.3 is 5.97 Å². The van der Waals surface area contributed by atoms with Crippen molar-refractivity contribution in [3.8, 4) is 0 Å². The number of aliphatic hydroxyl groups excluding tert-OH is 1. The van der Waals surface area contributed by atoms with Crippen molar-refractivity contribution in [1.82, 2.24) is 16.0 Å². The number of carbonyl (C=O) groups excluding carboxylic acids is 5. The Morgan fingerprint density at radius 1 is 0.771 bits per heavy atom. The lowest BCUT2D eigenvalue weighted by molar-refractivity contribution is -0.144. The first-order valence-corrected chi connectivity index (χ1v) is 10.4. The third-order valence-corrected chi connectivity index (χ3v) is 4.44. The third kappa shape index (κ3) is 13.3. The number of guanidine groups is 1. The summed E-state index contributed by atoms with van der Waals surface area (Å²) in [5, 5.41) is 24.9. The number of carboxylic acids is 1. The lowest BCUT2D eigenvalue weighted by atomic mass is 10.1. The highest BCUT2D eigenvalue weighted by molar-refractivity contribution is 5.95. The van der Waals surface area contributed by atoms with Gasteiger partial charge in [-0.25, -0.2) is 4.79 Å². The van der Waals surface area contributed by atoms with Gasteiger partial charge in [-0.1, -0.05) is 0 Å². The molecule has 0 heterocycles. The molecule has 0 aliphatic carbocycles. The van der Waals surface area contributed by atoms with Gasteiger partial charge in [-0.05, 0) is 19.3 Å². The van der Waals surface area contributed by atoms with Gasteiger partial charge in [-0.2, -0.15) is 0 Å². The number of primary amides is 2. The second-order valence-electron chi connectivity index (χ2n) is 7.44. The van der Waals surface area contributed by atoms with Crippen LogP contribution in [0.3, 0.4) is 0 Å². The van der Waals surface area contributed by atoms with Crippen LogP contribution in [0.5, 0.6) is 0 Å². The maximum absolute atomic E-state index is 12.9. The molecule has 0 radical (unpaired) electrons. The van der Waals surface area contributed by atoms with Crippen LogP contribution < -0.4 is 44.6 Å². The summed E-state index contributed by atoms with van der Waals surface area (Å²) in [5.41, 5.74) is 26.0. The summed E-state index contributed by atoms with van der Waals surface area (Å²) in [4.78, 5) is 74.9. The minimum absolute atomic E-state index is 0.0178. The van der Waals surface area contributed by atoms with Crippen LogP contribution in [0.25, 0.3) is 0 Å². The van der Waals surface area contributed by atoms with Crippen molar-refractivity contribution in [3.63, 3.8) is 0 Å². The molecule has 5 amide bonds. The summed E-state index contributed by atoms with van der Waals surface area (Å²) in [6.45, 7) is -0.596. The predicted molar refractivity (Wildman–Crippen MR) is 121 cm³/mol. The maximum atomic E-state index is 12.9. The van der Waals surface area contributed by atoms with E-state index in [1.165, 1.54) is 0 Å². The number of nitrogens with two attached hydrogens (primary N) is 5. The third-order valence-electron chi connectivity index (χ3n) is 4.44. The van der Waals surface area contributed by atoms with Crippen molar-refractivity contribution in [2.75, 3.05) is 13.2 Å². The van der Waals surface area contributed by atoms with E-state index in [1.807, 2.05) is 0 Å². The van der Waals surface area contributed by atoms with Gasteiger partial charge in [0.25, 0.3) is 0 Å². The number of carboxylic acid groups (broad SMARTS) is 1. The first-order valence-electron chi connectivity index (χ1n) is 10.4. The summed E-state index contributed by atoms with van der Waals surface area (Å²) >= 11 is 0. The molecule has 0 aromatic rings. The number of rotatable bonds is 17. The number of nitrogens with one attached hydrogen (secondary N) is 3. The van der Waals surface area contributed by atoms with Crippen molar-refractivity contribution < 1.29 is 39.0 Å². The highest BCUT2D eigenvalue weighted by Crippen LogP contribution is 2.05. The monoisotopic (exact) mass is 503 g/mol. The predicted octanol–water partition coefficient (Wildman–Crippen LogP) is -5.96. The molecule has 0 aliphatic heterocycles. The summed E-state index contributed by atoms with van der Waals surface area (Å²) in [6, 6.07) is -5.75. The molecule has 0 spiro atoms. The normalized spacial score (nSPS) is 13.9. The standard InChI is InChI=1S/C18H33N9O8/c19-8(7-28)14(31)25-9(2-1-5-24-18(22)23)15(32)26-10(3-4-12(20)29)16(33)27-11(17(34)35)6-13(21)30/h8-11,28H,1-7,19H2,(H2,20,29)(H2,21,30)(H,25,31)(H,26,32)(H,27,33)(H,34,35)(H4,22,23,24). The fourth-order valence-corrected chi connectivity index (χ4v) is 2.64. The second-order valence-corrected chi connectivity index (χ2v) is 7.44. The maximum Gasteiger partial charge on any atom is 0.326 e. The number of hydrogen-bond acceptors (Lipinski definition) is 9. The Balaban J connectivity index is 5.63. The molecule has 17 heteroatoms. The summed E-state index contributed by atoms with van der Waals surface area (Å²) in [5.74, 6) is -6.34. The average Bonchev–Trinajstić information content (AvgIpc) is 2.76. The number of aliphatic imine (C=N–C) groups is 1. The number of amides is 5. The topological polar surface area (TPSA) is 321 Å². The Bertz CT molecular complexity index is 816. The molecule has 15 N–H and O–H groups in total. The summed E-state index contributed by atoms with van der Waals surface area (Å²) in [6.07, 6.45) is -1.21. The molecule has 35 heavy (non-hydrogen) atoms. The van der Waals surface area contributed by atoms with Crippen LogP contribution in [0, 0.1) is 0 Å². The van der Waals surface area contributed by atoms with Crippen LogP contribution in [0.1, 0.15) is 32.1 Å². The largest absolute Gasteiger partial charge is 0.480 e. The quantitative estimate of drug-likeness (QED) is 0.0505. The zero-order chi connectivity index (χ0) is 27.1. The number of carbonyl (C=O) groups is 6. The average molecular weight is 504 g/mol. The van der Waals surface area contributed by atoms with Gasteiger partial charge in [0, 0.05) is 13.0 Å². The number of aliphatic hydroxyl groups is 1. The zero-order valence-electron chi connectivity index (χ0n) is 18.9. The molecule has 0 aliphatic rings. The highest BCUT2D eigenvalue weighted by atomic mass is 16.4. The Labute approximate surface area is 200 Å². The van der Waals surface area contributed by atoms with Gasteiger partial charge in [0.1, 0.15) is 24.2 Å². The van der Waals surface area contributed by atoms with E-state index in [2.05, 4.69) is 20.9 Å². The lowest BCUT2D eigenvalue weighted by Gasteiger charge is -2.24. The molecule has 0 saturated carbocycles. The van der Waals surface area contributed by atoms with Crippen LogP contribution in [0.15, 0.2) is 4.99 Å². The first kappa shape index (κ1) is 31.0. The molecule has 0 aromatic carbocycles. The molecule has 0 saturated heterocycles. The van der Waals surface area contributed by atoms with E-state index < -0.39 is 72.7 Å². The van der Waals surface area contributed by atoms with Gasteiger partial charge in [0.15, 0.2) is 5.96 Å². The second kappa shape index (κ2) is 15.8. The van der Waals surface area contributed by atoms with Crippen LogP contribution in [0.2, 0.25) is 0 Å². The smallest absolute Gasteiger partial charge is 0.326 e. The molecule has 4 unspecified atom stereocenters. The van der Waals surface area contributed by atoms with Crippen molar-refractivity contribution in [1.29, 1.82) is 0 Å². The van der Waals surface area contributed by atoms with Gasteiger partial charge in [0.05, 0.1) is 13.0 Å². The van der Waals surface area contributed by atoms with Gasteiger partial charge in [0.2, 0.25) is 29.5 Å². The molecular formula is C18H33N9O8. The van der Waals surface area contributed by atoms with E-state index in [9.17, 15) is 33.9 Å². The first-order chi connectivity index (χ1) is 16.3. The SMILES string of the molecule is NC(=O)CCC(NC(=O)C(CCCN=C(N)N)NC(=O)C(N)CO)C(=O)NC(CC(N)=O)C(=O)O. The van der Waals surface area contributed by atoms with Crippen LogP contribution in [-0.2, 0) is 28.8 Å². The van der Waals surface area contributed by atoms with Gasteiger partial charge in [-0.15, -0.1) is 0 Å². The number of hydrogen-bond donors (Lipinski definition) is 10. The molecule has 17 nitrogen and oxygen atoms in total. The van der Waals surface area contributed by atoms with E-state index >= 15 is 0 Å². The van der Waals surface area contributed by atoms with Gasteiger partial charge in [-0.3, -0.25) is 29.0 Å². The number of aliphatic carboxylic acids is 1. The van der Waals surface area contributed by atoms with E-state index in [1.54, 1.807) is 0 Å². The minimum atomic E-state index is -1.69. The Morgan fingerprint density at radius 3 is 1.74 bits per heavy atom. The minimum Gasteiger partial charge on any atom is -0.480 e. The lowest BCUT2D eigenvalue weighted by Crippen LogP contribution is -2.57. The van der Waals surface area contributed by atoms with Gasteiger partial charge < -0.3 is 54.8 Å². The van der Waals surface area contributed by atoms with Crippen molar-refractivity contribution in [3.05, 3.63) is 0 Å². The zero-order valence-corrected chi connectivity index (χ0v) is 18.9. The van der Waals surface area contributed by atoms with Crippen molar-refractivity contribution in [2.24, 2.45) is 33.7 Å². The van der Waals surface area contributed by atoms with Crippen LogP contribution >= 0.6 is 0 Å². The molecule has 0 rings (SSSR count). The van der Waals surface area contributed by atoms with Crippen molar-refractivity contribution >= 4 is 41.5 Å². The summed E-state index contributed by atoms with van der Waals surface area (Å²) in [7, 11) is 0.